The van der Waals surface area contributed by atoms with Crippen molar-refractivity contribution < 1.29 is 4.79 Å². The Morgan fingerprint density at radius 2 is 2.05 bits per heavy atom. The molecule has 21 heavy (non-hydrogen) atoms. The average Bonchev–Trinajstić information content (AvgIpc) is 3.02. The van der Waals surface area contributed by atoms with Gasteiger partial charge in [-0.1, -0.05) is 0 Å². The highest BCUT2D eigenvalue weighted by atomic mass is 32.1. The number of nitrogens with one attached hydrogen (secondary N) is 1. The van der Waals surface area contributed by atoms with Crippen LogP contribution in [0.3, 0.4) is 0 Å². The number of nitrogens with two attached hydrogens (primary N) is 2. The first kappa shape index (κ1) is 15.9. The Bertz CT molecular complexity index is 604. The highest BCUT2D eigenvalue weighted by Gasteiger charge is 2.06. The molecule has 0 aromatic carbocycles. The molecule has 0 bridgehead atoms. The van der Waals surface area contributed by atoms with E-state index in [1.165, 1.54) is 21.6 Å². The van der Waals surface area contributed by atoms with Gasteiger partial charge < -0.3 is 16.8 Å². The first-order valence-electron chi connectivity index (χ1n) is 6.98. The van der Waals surface area contributed by atoms with Crippen molar-refractivity contribution in [3.8, 4) is 0 Å². The molecule has 0 unspecified atom stereocenters. The summed E-state index contributed by atoms with van der Waals surface area (Å²) in [5, 5.41) is 7.92. The standard InChI is InChI=1S/C15H21N3OS2/c1-10-12(9-21-14(10)16)5-4-11-7-13(20-8-11)3-2-6-18-15(17)19/h7-9H,2-6,16H2,1H3,(H3,17,18,19). The van der Waals surface area contributed by atoms with Gasteiger partial charge in [0.1, 0.15) is 0 Å². The lowest BCUT2D eigenvalue weighted by Gasteiger charge is -2.00. The number of anilines is 1. The zero-order valence-corrected chi connectivity index (χ0v) is 13.8. The molecular weight excluding hydrogens is 302 g/mol. The minimum absolute atomic E-state index is 0.452. The van der Waals surface area contributed by atoms with Crippen molar-refractivity contribution in [3.63, 3.8) is 0 Å². The number of primary amides is 1. The van der Waals surface area contributed by atoms with Gasteiger partial charge in [-0.2, -0.15) is 0 Å². The summed E-state index contributed by atoms with van der Waals surface area (Å²) < 4.78 is 0. The smallest absolute Gasteiger partial charge is 0.312 e. The molecule has 6 heteroatoms. The predicted octanol–water partition coefficient (Wildman–Crippen LogP) is 3.09. The topological polar surface area (TPSA) is 81.1 Å². The van der Waals surface area contributed by atoms with Crippen LogP contribution in [0.4, 0.5) is 9.80 Å². The highest BCUT2D eigenvalue weighted by molar-refractivity contribution is 7.14. The lowest BCUT2D eigenvalue weighted by molar-refractivity contribution is 0.249. The summed E-state index contributed by atoms with van der Waals surface area (Å²) in [7, 11) is 0. The van der Waals surface area contributed by atoms with Crippen LogP contribution >= 0.6 is 22.7 Å². The van der Waals surface area contributed by atoms with Crippen molar-refractivity contribution in [1.82, 2.24) is 5.32 Å². The number of hydrogen-bond acceptors (Lipinski definition) is 4. The van der Waals surface area contributed by atoms with Crippen LogP contribution in [0.15, 0.2) is 16.8 Å². The molecule has 0 atom stereocenters. The van der Waals surface area contributed by atoms with Crippen LogP contribution in [-0.4, -0.2) is 12.6 Å². The van der Waals surface area contributed by atoms with Gasteiger partial charge in [-0.15, -0.1) is 22.7 Å². The normalized spacial score (nSPS) is 10.7. The molecule has 0 saturated heterocycles. The van der Waals surface area contributed by atoms with Gasteiger partial charge in [-0.3, -0.25) is 0 Å². The molecule has 2 aromatic rings. The molecule has 0 aliphatic heterocycles. The lowest BCUT2D eigenvalue weighted by Crippen LogP contribution is -2.30. The number of carbonyl (C=O) groups excluding carboxylic acids is 1. The summed E-state index contributed by atoms with van der Waals surface area (Å²) in [6.07, 6.45) is 3.99. The van der Waals surface area contributed by atoms with Crippen LogP contribution < -0.4 is 16.8 Å². The third-order valence-corrected chi connectivity index (χ3v) is 5.48. The van der Waals surface area contributed by atoms with E-state index in [-0.39, 0.29) is 0 Å². The van der Waals surface area contributed by atoms with Gasteiger partial charge in [-0.05, 0) is 66.1 Å². The third-order valence-electron chi connectivity index (χ3n) is 3.47. The summed E-state index contributed by atoms with van der Waals surface area (Å²) in [5.41, 5.74) is 14.9. The van der Waals surface area contributed by atoms with E-state index in [0.717, 1.165) is 30.7 Å². The Kier molecular flexibility index (Phi) is 5.64. The van der Waals surface area contributed by atoms with Crippen LogP contribution in [0, 0.1) is 6.92 Å². The molecule has 0 spiro atoms. The average molecular weight is 323 g/mol. The van der Waals surface area contributed by atoms with Gasteiger partial charge in [0, 0.05) is 11.4 Å². The zero-order chi connectivity index (χ0) is 15.2. The highest BCUT2D eigenvalue weighted by Crippen LogP contribution is 2.26. The van der Waals surface area contributed by atoms with Crippen molar-refractivity contribution in [3.05, 3.63) is 38.4 Å². The molecule has 0 aliphatic carbocycles. The van der Waals surface area contributed by atoms with Crippen molar-refractivity contribution in [2.45, 2.75) is 32.6 Å². The maximum Gasteiger partial charge on any atom is 0.312 e. The molecule has 0 fully saturated rings. The molecule has 2 heterocycles. The SMILES string of the molecule is Cc1c(CCc2csc(CCCNC(N)=O)c2)csc1N. The number of carbonyl (C=O) groups is 1. The number of rotatable bonds is 7. The summed E-state index contributed by atoms with van der Waals surface area (Å²) in [5.74, 6) is 0. The van der Waals surface area contributed by atoms with E-state index in [9.17, 15) is 4.79 Å². The van der Waals surface area contributed by atoms with Gasteiger partial charge in [0.05, 0.1) is 5.00 Å². The summed E-state index contributed by atoms with van der Waals surface area (Å²) in [6, 6.07) is 1.81. The number of aryl methyl sites for hydroxylation is 3. The fraction of sp³-hybridized carbons (Fsp3) is 0.400. The molecule has 2 rings (SSSR count). The van der Waals surface area contributed by atoms with Gasteiger partial charge in [0.2, 0.25) is 0 Å². The number of amides is 2. The van der Waals surface area contributed by atoms with Gasteiger partial charge in [0.15, 0.2) is 0 Å². The van der Waals surface area contributed by atoms with Gasteiger partial charge >= 0.3 is 6.03 Å². The van der Waals surface area contributed by atoms with E-state index in [1.807, 2.05) is 0 Å². The molecule has 0 saturated carbocycles. The second-order valence-corrected chi connectivity index (χ2v) is 6.97. The molecule has 2 amide bonds. The van der Waals surface area contributed by atoms with Gasteiger partial charge in [0.25, 0.3) is 0 Å². The summed E-state index contributed by atoms with van der Waals surface area (Å²) >= 11 is 3.41. The van der Waals surface area contributed by atoms with Crippen LogP contribution in [-0.2, 0) is 19.3 Å². The zero-order valence-electron chi connectivity index (χ0n) is 12.1. The Balaban J connectivity index is 1.77. The third kappa shape index (κ3) is 4.75. The van der Waals surface area contributed by atoms with Crippen LogP contribution in [0.1, 0.15) is 28.0 Å². The molecule has 114 valence electrons. The fourth-order valence-corrected chi connectivity index (χ4v) is 4.00. The maximum absolute atomic E-state index is 10.6. The number of thiophene rings is 2. The maximum atomic E-state index is 10.6. The first-order valence-corrected chi connectivity index (χ1v) is 8.74. The van der Waals surface area contributed by atoms with E-state index in [2.05, 4.69) is 29.1 Å². The Hall–Kier alpha value is -1.53. The predicted molar refractivity (Wildman–Crippen MR) is 91.1 cm³/mol. The Labute approximate surface area is 133 Å². The minimum Gasteiger partial charge on any atom is -0.390 e. The monoisotopic (exact) mass is 323 g/mol. The minimum atomic E-state index is -0.452. The largest absolute Gasteiger partial charge is 0.390 e. The molecule has 0 radical (unpaired) electrons. The fourth-order valence-electron chi connectivity index (χ4n) is 2.16. The Morgan fingerprint density at radius 3 is 2.71 bits per heavy atom. The molecule has 4 nitrogen and oxygen atoms in total. The Morgan fingerprint density at radius 1 is 1.24 bits per heavy atom. The van der Waals surface area contributed by atoms with E-state index < -0.39 is 6.03 Å². The van der Waals surface area contributed by atoms with E-state index >= 15 is 0 Å². The van der Waals surface area contributed by atoms with Crippen LogP contribution in [0.5, 0.6) is 0 Å². The van der Waals surface area contributed by atoms with Crippen LogP contribution in [0.25, 0.3) is 0 Å². The van der Waals surface area contributed by atoms with E-state index in [1.54, 1.807) is 22.7 Å². The lowest BCUT2D eigenvalue weighted by atomic mass is 10.1. The van der Waals surface area contributed by atoms with Gasteiger partial charge in [-0.25, -0.2) is 4.79 Å². The second-order valence-electron chi connectivity index (χ2n) is 5.07. The molecular formula is C15H21N3OS2. The summed E-state index contributed by atoms with van der Waals surface area (Å²) in [4.78, 5) is 11.9. The van der Waals surface area contributed by atoms with E-state index in [0.29, 0.717) is 6.54 Å². The number of nitrogen functional groups attached to an aromatic ring is 1. The van der Waals surface area contributed by atoms with Crippen molar-refractivity contribution in [2.75, 3.05) is 12.3 Å². The number of urea groups is 1. The molecule has 5 N–H and O–H groups in total. The first-order chi connectivity index (χ1) is 10.1. The van der Waals surface area contributed by atoms with Crippen molar-refractivity contribution in [2.24, 2.45) is 5.73 Å². The van der Waals surface area contributed by atoms with Crippen molar-refractivity contribution in [1.29, 1.82) is 0 Å². The summed E-state index contributed by atoms with van der Waals surface area (Å²) in [6.45, 7) is 2.72. The second kappa shape index (κ2) is 7.47. The number of hydrogen-bond donors (Lipinski definition) is 3. The van der Waals surface area contributed by atoms with Crippen molar-refractivity contribution >= 4 is 33.7 Å². The van der Waals surface area contributed by atoms with Crippen LogP contribution in [0.2, 0.25) is 0 Å². The van der Waals surface area contributed by atoms with E-state index in [4.69, 9.17) is 11.5 Å². The molecule has 0 aliphatic rings. The molecule has 2 aromatic heterocycles. The quantitative estimate of drug-likeness (QED) is 0.684.